The predicted molar refractivity (Wildman–Crippen MR) is 84.7 cm³/mol. The van der Waals surface area contributed by atoms with Gasteiger partial charge in [0.15, 0.2) is 5.78 Å². The lowest BCUT2D eigenvalue weighted by molar-refractivity contribution is 0.0993. The van der Waals surface area contributed by atoms with Gasteiger partial charge in [-0.3, -0.25) is 4.79 Å². The smallest absolute Gasteiger partial charge is 0.167 e. The molecule has 3 rings (SSSR count). The maximum Gasteiger partial charge on any atom is 0.167 e. The van der Waals surface area contributed by atoms with Gasteiger partial charge in [-0.05, 0) is 54.3 Å². The Bertz CT molecular complexity index is 628. The highest BCUT2D eigenvalue weighted by Crippen LogP contribution is 2.23. The molecule has 2 heteroatoms. The van der Waals surface area contributed by atoms with Crippen LogP contribution in [0.5, 0.6) is 0 Å². The third-order valence-electron chi connectivity index (χ3n) is 3.94. The summed E-state index contributed by atoms with van der Waals surface area (Å²) in [5.74, 6) is 0.204. The number of benzene rings is 2. The van der Waals surface area contributed by atoms with Gasteiger partial charge in [0, 0.05) is 16.9 Å². The molecule has 0 atom stereocenters. The Hall–Kier alpha value is -1.54. The van der Waals surface area contributed by atoms with Gasteiger partial charge in [-0.2, -0.15) is 0 Å². The molecule has 0 heterocycles. The molecule has 1 aliphatic rings. The minimum atomic E-state index is 0.204. The highest BCUT2D eigenvalue weighted by Gasteiger charge is 2.13. The lowest BCUT2D eigenvalue weighted by Crippen LogP contribution is -2.04. The van der Waals surface area contributed by atoms with Crippen molar-refractivity contribution in [2.45, 2.75) is 30.6 Å². The van der Waals surface area contributed by atoms with E-state index >= 15 is 0 Å². The molecule has 0 unspecified atom stereocenters. The van der Waals surface area contributed by atoms with E-state index in [0.29, 0.717) is 6.42 Å². The summed E-state index contributed by atoms with van der Waals surface area (Å²) in [5, 5.41) is 0. The summed E-state index contributed by atoms with van der Waals surface area (Å²) in [6, 6.07) is 14.4. The first-order valence-corrected chi connectivity index (χ1v) is 8.26. The van der Waals surface area contributed by atoms with Crippen LogP contribution in [0.1, 0.15) is 33.5 Å². The van der Waals surface area contributed by atoms with Gasteiger partial charge >= 0.3 is 0 Å². The van der Waals surface area contributed by atoms with Gasteiger partial charge in [0.25, 0.3) is 0 Å². The van der Waals surface area contributed by atoms with E-state index in [1.165, 1.54) is 35.3 Å². The Labute approximate surface area is 124 Å². The van der Waals surface area contributed by atoms with Crippen LogP contribution < -0.4 is 0 Å². The number of hydrogen-bond acceptors (Lipinski definition) is 2. The first kappa shape index (κ1) is 13.4. The second-order valence-electron chi connectivity index (χ2n) is 5.29. The number of rotatable bonds is 4. The molecule has 0 aromatic heterocycles. The average molecular weight is 282 g/mol. The minimum absolute atomic E-state index is 0.204. The zero-order valence-electron chi connectivity index (χ0n) is 11.7. The molecule has 1 nitrogen and oxygen atoms in total. The van der Waals surface area contributed by atoms with Gasteiger partial charge in [-0.25, -0.2) is 0 Å². The third-order valence-corrected chi connectivity index (χ3v) is 4.68. The molecule has 0 amide bonds. The zero-order valence-corrected chi connectivity index (χ0v) is 12.5. The molecule has 102 valence electrons. The second-order valence-corrected chi connectivity index (χ2v) is 6.16. The number of carbonyl (C=O) groups is 1. The molecule has 20 heavy (non-hydrogen) atoms. The van der Waals surface area contributed by atoms with Crippen LogP contribution in [0.3, 0.4) is 0 Å². The van der Waals surface area contributed by atoms with Crippen LogP contribution in [0.2, 0.25) is 0 Å². The molecule has 0 fully saturated rings. The predicted octanol–water partition coefficient (Wildman–Crippen LogP) is 4.32. The molecular formula is C18H18OS. The molecule has 2 aromatic rings. The van der Waals surface area contributed by atoms with Crippen molar-refractivity contribution in [1.29, 1.82) is 0 Å². The van der Waals surface area contributed by atoms with E-state index in [4.69, 9.17) is 0 Å². The van der Waals surface area contributed by atoms with Crippen LogP contribution in [-0.4, -0.2) is 12.0 Å². The lowest BCUT2D eigenvalue weighted by Gasteiger charge is -2.05. The van der Waals surface area contributed by atoms with Crippen LogP contribution >= 0.6 is 11.8 Å². The fraction of sp³-hybridized carbons (Fsp3) is 0.278. The number of hydrogen-bond donors (Lipinski definition) is 0. The molecule has 0 saturated heterocycles. The van der Waals surface area contributed by atoms with Crippen LogP contribution in [0.15, 0.2) is 47.4 Å². The van der Waals surface area contributed by atoms with E-state index in [1.54, 1.807) is 11.8 Å². The largest absolute Gasteiger partial charge is 0.294 e. The molecule has 0 spiro atoms. The van der Waals surface area contributed by atoms with Crippen molar-refractivity contribution in [3.8, 4) is 0 Å². The fourth-order valence-electron chi connectivity index (χ4n) is 2.80. The van der Waals surface area contributed by atoms with Crippen molar-refractivity contribution >= 4 is 17.5 Å². The third kappa shape index (κ3) is 2.80. The monoisotopic (exact) mass is 282 g/mol. The number of thioether (sulfide) groups is 1. The van der Waals surface area contributed by atoms with Gasteiger partial charge in [0.05, 0.1) is 0 Å². The summed E-state index contributed by atoms with van der Waals surface area (Å²) in [6.07, 6.45) is 6.16. The van der Waals surface area contributed by atoms with Crippen molar-refractivity contribution in [2.75, 3.05) is 6.26 Å². The maximum atomic E-state index is 12.3. The highest BCUT2D eigenvalue weighted by molar-refractivity contribution is 7.98. The molecular weight excluding hydrogens is 264 g/mol. The van der Waals surface area contributed by atoms with E-state index in [0.717, 1.165) is 11.1 Å². The summed E-state index contributed by atoms with van der Waals surface area (Å²) in [5.41, 5.74) is 4.85. The second kappa shape index (κ2) is 5.84. The van der Waals surface area contributed by atoms with Crippen molar-refractivity contribution in [2.24, 2.45) is 0 Å². The number of Topliss-reactive ketones (excluding diaryl/α,β-unsaturated/α-hetero) is 1. The Morgan fingerprint density at radius 3 is 2.55 bits per heavy atom. The summed E-state index contributed by atoms with van der Waals surface area (Å²) in [4.78, 5) is 13.5. The van der Waals surface area contributed by atoms with E-state index in [-0.39, 0.29) is 5.78 Å². The Morgan fingerprint density at radius 1 is 1.05 bits per heavy atom. The summed E-state index contributed by atoms with van der Waals surface area (Å²) in [7, 11) is 0. The molecule has 0 aliphatic heterocycles. The number of ketones is 1. The van der Waals surface area contributed by atoms with Crippen molar-refractivity contribution in [1.82, 2.24) is 0 Å². The van der Waals surface area contributed by atoms with Gasteiger partial charge in [-0.1, -0.05) is 30.3 Å². The van der Waals surface area contributed by atoms with Crippen molar-refractivity contribution < 1.29 is 4.79 Å². The number of fused-ring (bicyclic) bond motifs is 1. The molecule has 1 aliphatic carbocycles. The van der Waals surface area contributed by atoms with E-state index < -0.39 is 0 Å². The topological polar surface area (TPSA) is 17.1 Å². The molecule has 2 aromatic carbocycles. The summed E-state index contributed by atoms with van der Waals surface area (Å²) >= 11 is 1.70. The fourth-order valence-corrected chi connectivity index (χ4v) is 3.21. The summed E-state index contributed by atoms with van der Waals surface area (Å²) < 4.78 is 0. The SMILES string of the molecule is CSc1ccc(C(=O)Cc2ccc3c(c2)CCC3)cc1. The van der Waals surface area contributed by atoms with Gasteiger partial charge in [0.2, 0.25) is 0 Å². The average Bonchev–Trinajstić information content (AvgIpc) is 2.95. The minimum Gasteiger partial charge on any atom is -0.294 e. The van der Waals surface area contributed by atoms with Gasteiger partial charge in [-0.15, -0.1) is 11.8 Å². The Morgan fingerprint density at radius 2 is 1.80 bits per heavy atom. The van der Waals surface area contributed by atoms with E-state index in [1.807, 2.05) is 30.5 Å². The maximum absolute atomic E-state index is 12.3. The number of aryl methyl sites for hydroxylation is 2. The summed E-state index contributed by atoms with van der Waals surface area (Å²) in [6.45, 7) is 0. The van der Waals surface area contributed by atoms with Crippen LogP contribution in [0.25, 0.3) is 0 Å². The highest BCUT2D eigenvalue weighted by atomic mass is 32.2. The Kier molecular flexibility index (Phi) is 3.93. The number of carbonyl (C=O) groups excluding carboxylic acids is 1. The van der Waals surface area contributed by atoms with E-state index in [9.17, 15) is 4.79 Å². The molecule has 0 saturated carbocycles. The first-order valence-electron chi connectivity index (χ1n) is 7.04. The normalized spacial score (nSPS) is 13.2. The zero-order chi connectivity index (χ0) is 13.9. The van der Waals surface area contributed by atoms with Crippen LogP contribution in [-0.2, 0) is 19.3 Å². The Balaban J connectivity index is 1.75. The van der Waals surface area contributed by atoms with Crippen LogP contribution in [0.4, 0.5) is 0 Å². The van der Waals surface area contributed by atoms with Crippen molar-refractivity contribution in [3.05, 3.63) is 64.7 Å². The molecule has 0 bridgehead atoms. The molecule has 0 radical (unpaired) electrons. The van der Waals surface area contributed by atoms with Gasteiger partial charge in [0.1, 0.15) is 0 Å². The van der Waals surface area contributed by atoms with Crippen LogP contribution in [0, 0.1) is 0 Å². The standard InChI is InChI=1S/C18H18OS/c1-20-17-9-7-15(8-10-17)18(19)12-13-5-6-14-3-2-4-16(14)11-13/h5-11H,2-4,12H2,1H3. The van der Waals surface area contributed by atoms with Gasteiger partial charge < -0.3 is 0 Å². The quantitative estimate of drug-likeness (QED) is 0.613. The van der Waals surface area contributed by atoms with Crippen molar-refractivity contribution in [3.63, 3.8) is 0 Å². The van der Waals surface area contributed by atoms with E-state index in [2.05, 4.69) is 18.2 Å². The molecule has 0 N–H and O–H groups in total. The lowest BCUT2D eigenvalue weighted by atomic mass is 10.00. The first-order chi connectivity index (χ1) is 9.76.